The Hall–Kier alpha value is -2.97. The fourth-order valence-corrected chi connectivity index (χ4v) is 3.30. The van der Waals surface area contributed by atoms with Crippen LogP contribution in [0, 0.1) is 13.8 Å². The number of nitrogens with zero attached hydrogens (tertiary/aromatic N) is 3. The first-order chi connectivity index (χ1) is 14.8. The van der Waals surface area contributed by atoms with Crippen LogP contribution in [0.3, 0.4) is 0 Å². The van der Waals surface area contributed by atoms with Crippen LogP contribution in [0.1, 0.15) is 37.6 Å². The highest BCUT2D eigenvalue weighted by Crippen LogP contribution is 2.31. The van der Waals surface area contributed by atoms with E-state index in [0.29, 0.717) is 17.5 Å². The van der Waals surface area contributed by atoms with Gasteiger partial charge in [0.05, 0.1) is 6.61 Å². The van der Waals surface area contributed by atoms with E-state index < -0.39 is 6.10 Å². The Kier molecular flexibility index (Phi) is 7.25. The molecule has 1 aromatic carbocycles. The molecule has 3 aromatic rings. The van der Waals surface area contributed by atoms with E-state index in [-0.39, 0.29) is 19.3 Å². The molecule has 166 valence electrons. The average molecular weight is 427 g/mol. The Morgan fingerprint density at radius 1 is 1.10 bits per heavy atom. The lowest BCUT2D eigenvalue weighted by Crippen LogP contribution is -2.22. The molecule has 0 spiro atoms. The summed E-state index contributed by atoms with van der Waals surface area (Å²) in [5, 5.41) is 26.1. The molecule has 0 aliphatic rings. The molecule has 8 nitrogen and oxygen atoms in total. The van der Waals surface area contributed by atoms with Crippen molar-refractivity contribution in [1.82, 2.24) is 15.1 Å². The van der Waals surface area contributed by atoms with Crippen molar-refractivity contribution in [3.8, 4) is 28.6 Å². The topological polar surface area (TPSA) is 114 Å². The predicted octanol–water partition coefficient (Wildman–Crippen LogP) is 3.53. The van der Waals surface area contributed by atoms with E-state index in [1.807, 2.05) is 45.0 Å². The summed E-state index contributed by atoms with van der Waals surface area (Å²) < 4.78 is 11.3. The Bertz CT molecular complexity index is 1030. The lowest BCUT2D eigenvalue weighted by atomic mass is 10.0. The summed E-state index contributed by atoms with van der Waals surface area (Å²) in [5.74, 6) is 2.38. The average Bonchev–Trinajstić information content (AvgIpc) is 3.21. The van der Waals surface area contributed by atoms with E-state index in [2.05, 4.69) is 34.3 Å². The molecule has 0 unspecified atom stereocenters. The molecule has 0 saturated carbocycles. The van der Waals surface area contributed by atoms with Crippen LogP contribution in [-0.4, -0.2) is 50.7 Å². The van der Waals surface area contributed by atoms with Gasteiger partial charge in [-0.3, -0.25) is 0 Å². The van der Waals surface area contributed by atoms with Gasteiger partial charge in [0.2, 0.25) is 5.82 Å². The Labute approximate surface area is 182 Å². The van der Waals surface area contributed by atoms with Gasteiger partial charge < -0.3 is 24.8 Å². The van der Waals surface area contributed by atoms with Crippen molar-refractivity contribution >= 4 is 5.82 Å². The van der Waals surface area contributed by atoms with Crippen LogP contribution >= 0.6 is 0 Å². The van der Waals surface area contributed by atoms with E-state index in [1.54, 1.807) is 0 Å². The normalized spacial score (nSPS) is 12.3. The maximum Gasteiger partial charge on any atom is 0.258 e. The van der Waals surface area contributed by atoms with Crippen molar-refractivity contribution in [2.45, 2.75) is 53.2 Å². The molecule has 31 heavy (non-hydrogen) atoms. The molecule has 1 atom stereocenters. The summed E-state index contributed by atoms with van der Waals surface area (Å²) in [6.07, 6.45) is -0.181. The number of benzene rings is 1. The Morgan fingerprint density at radius 3 is 2.55 bits per heavy atom. The summed E-state index contributed by atoms with van der Waals surface area (Å²) in [5.41, 5.74) is 4.35. The minimum absolute atomic E-state index is 0.0319. The first-order valence-corrected chi connectivity index (χ1v) is 10.5. The van der Waals surface area contributed by atoms with E-state index in [0.717, 1.165) is 40.2 Å². The molecule has 8 heteroatoms. The SMILES string of the molecule is CCc1cc(-c2noc(-c3cc(C)nc(NC(C)C)c3)n2)cc(C)c1OC[C@H](O)CO. The largest absolute Gasteiger partial charge is 0.490 e. The van der Waals surface area contributed by atoms with Gasteiger partial charge in [-0.05, 0) is 69.5 Å². The number of aliphatic hydroxyl groups excluding tert-OH is 2. The second-order valence-electron chi connectivity index (χ2n) is 7.89. The van der Waals surface area contributed by atoms with Crippen molar-refractivity contribution in [2.75, 3.05) is 18.5 Å². The van der Waals surface area contributed by atoms with Gasteiger partial charge in [0.1, 0.15) is 24.3 Å². The van der Waals surface area contributed by atoms with Crippen LogP contribution in [-0.2, 0) is 6.42 Å². The summed E-state index contributed by atoms with van der Waals surface area (Å²) in [6.45, 7) is 9.69. The molecular weight excluding hydrogens is 396 g/mol. The van der Waals surface area contributed by atoms with Gasteiger partial charge in [0.15, 0.2) is 0 Å². The van der Waals surface area contributed by atoms with Crippen molar-refractivity contribution in [1.29, 1.82) is 0 Å². The van der Waals surface area contributed by atoms with Crippen molar-refractivity contribution in [3.63, 3.8) is 0 Å². The number of aliphatic hydroxyl groups is 2. The monoisotopic (exact) mass is 426 g/mol. The molecule has 0 saturated heterocycles. The van der Waals surface area contributed by atoms with Crippen LogP contribution in [0.2, 0.25) is 0 Å². The fraction of sp³-hybridized carbons (Fsp3) is 0.435. The van der Waals surface area contributed by atoms with Crippen LogP contribution in [0.5, 0.6) is 5.75 Å². The van der Waals surface area contributed by atoms with E-state index in [9.17, 15) is 5.11 Å². The third-order valence-electron chi connectivity index (χ3n) is 4.68. The zero-order chi connectivity index (χ0) is 22.5. The summed E-state index contributed by atoms with van der Waals surface area (Å²) in [4.78, 5) is 9.09. The van der Waals surface area contributed by atoms with E-state index in [4.69, 9.17) is 14.4 Å². The van der Waals surface area contributed by atoms with E-state index in [1.165, 1.54) is 0 Å². The lowest BCUT2D eigenvalue weighted by molar-refractivity contribution is 0.0531. The molecule has 3 N–H and O–H groups in total. The first kappa shape index (κ1) is 22.7. The summed E-state index contributed by atoms with van der Waals surface area (Å²) in [6, 6.07) is 7.96. The highest BCUT2D eigenvalue weighted by Gasteiger charge is 2.17. The highest BCUT2D eigenvalue weighted by atomic mass is 16.5. The molecule has 0 amide bonds. The summed E-state index contributed by atoms with van der Waals surface area (Å²) >= 11 is 0. The number of anilines is 1. The standard InChI is InChI=1S/C23H30N4O4/c1-6-16-9-17(7-14(4)21(16)30-12-19(29)11-28)22-26-23(31-27-22)18-8-15(5)25-20(10-18)24-13(2)3/h7-10,13,19,28-29H,6,11-12H2,1-5H3,(H,24,25)/t19-/m1/s1. The van der Waals surface area contributed by atoms with Gasteiger partial charge in [-0.1, -0.05) is 12.1 Å². The second-order valence-corrected chi connectivity index (χ2v) is 7.89. The maximum atomic E-state index is 9.59. The molecule has 0 aliphatic carbocycles. The zero-order valence-corrected chi connectivity index (χ0v) is 18.6. The van der Waals surface area contributed by atoms with Crippen LogP contribution in [0.15, 0.2) is 28.8 Å². The van der Waals surface area contributed by atoms with Crippen molar-refractivity contribution in [2.24, 2.45) is 0 Å². The van der Waals surface area contributed by atoms with Gasteiger partial charge in [-0.2, -0.15) is 4.98 Å². The maximum absolute atomic E-state index is 9.59. The number of nitrogens with one attached hydrogen (secondary N) is 1. The van der Waals surface area contributed by atoms with Crippen LogP contribution in [0.4, 0.5) is 5.82 Å². The predicted molar refractivity (Wildman–Crippen MR) is 119 cm³/mol. The Balaban J connectivity index is 1.90. The van der Waals surface area contributed by atoms with Crippen LogP contribution < -0.4 is 10.1 Å². The fourth-order valence-electron chi connectivity index (χ4n) is 3.30. The first-order valence-electron chi connectivity index (χ1n) is 10.5. The van der Waals surface area contributed by atoms with E-state index >= 15 is 0 Å². The molecule has 0 aliphatic heterocycles. The molecule has 2 heterocycles. The number of ether oxygens (including phenoxy) is 1. The third-order valence-corrected chi connectivity index (χ3v) is 4.68. The van der Waals surface area contributed by atoms with Gasteiger partial charge >= 0.3 is 0 Å². The second kappa shape index (κ2) is 9.89. The van der Waals surface area contributed by atoms with Crippen molar-refractivity contribution in [3.05, 3.63) is 41.1 Å². The molecule has 0 bridgehead atoms. The highest BCUT2D eigenvalue weighted by molar-refractivity contribution is 5.65. The van der Waals surface area contributed by atoms with Gasteiger partial charge in [0.25, 0.3) is 5.89 Å². The zero-order valence-electron chi connectivity index (χ0n) is 18.6. The number of aryl methyl sites for hydroxylation is 3. The molecule has 2 aromatic heterocycles. The number of aromatic nitrogens is 3. The lowest BCUT2D eigenvalue weighted by Gasteiger charge is -2.16. The summed E-state index contributed by atoms with van der Waals surface area (Å²) in [7, 11) is 0. The Morgan fingerprint density at radius 2 is 1.87 bits per heavy atom. The number of pyridine rings is 1. The van der Waals surface area contributed by atoms with Gasteiger partial charge in [-0.25, -0.2) is 4.98 Å². The number of hydrogen-bond acceptors (Lipinski definition) is 8. The minimum atomic E-state index is -0.914. The minimum Gasteiger partial charge on any atom is -0.490 e. The van der Waals surface area contributed by atoms with Gasteiger partial charge in [-0.15, -0.1) is 0 Å². The molecule has 0 fully saturated rings. The smallest absolute Gasteiger partial charge is 0.258 e. The quantitative estimate of drug-likeness (QED) is 0.476. The molecule has 0 radical (unpaired) electrons. The molecule has 3 rings (SSSR count). The molecular formula is C23H30N4O4. The third kappa shape index (κ3) is 5.59. The van der Waals surface area contributed by atoms with Gasteiger partial charge in [0, 0.05) is 22.9 Å². The number of rotatable bonds is 9. The van der Waals surface area contributed by atoms with Crippen molar-refractivity contribution < 1.29 is 19.5 Å². The van der Waals surface area contributed by atoms with Crippen LogP contribution in [0.25, 0.3) is 22.8 Å². The number of hydrogen-bond donors (Lipinski definition) is 3.